The third kappa shape index (κ3) is 2.43. The van der Waals surface area contributed by atoms with Crippen molar-refractivity contribution in [2.45, 2.75) is 44.6 Å². The molecular formula is C18H23NS. The zero-order valence-electron chi connectivity index (χ0n) is 12.4. The molecule has 1 saturated carbocycles. The minimum Gasteiger partial charge on any atom is -0.309 e. The Hall–Kier alpha value is -1.12. The number of hydrogen-bond donors (Lipinski definition) is 1. The summed E-state index contributed by atoms with van der Waals surface area (Å²) in [5.41, 5.74) is 1.82. The Bertz CT molecular complexity index is 554. The van der Waals surface area contributed by atoms with Crippen molar-refractivity contribution in [1.29, 1.82) is 0 Å². The molecule has 1 aromatic heterocycles. The number of likely N-dealkylation sites (N-methyl/N-ethyl adjacent to an activating group) is 1. The van der Waals surface area contributed by atoms with Gasteiger partial charge in [-0.1, -0.05) is 44.2 Å². The third-order valence-electron chi connectivity index (χ3n) is 4.41. The molecule has 0 radical (unpaired) electrons. The highest BCUT2D eigenvalue weighted by atomic mass is 32.1. The molecule has 1 unspecified atom stereocenters. The zero-order chi connectivity index (χ0) is 14.0. The van der Waals surface area contributed by atoms with E-state index in [1.54, 1.807) is 0 Å². The highest BCUT2D eigenvalue weighted by molar-refractivity contribution is 7.12. The van der Waals surface area contributed by atoms with Gasteiger partial charge in [0.2, 0.25) is 0 Å². The number of aryl methyl sites for hydroxylation is 1. The van der Waals surface area contributed by atoms with Crippen LogP contribution in [0.4, 0.5) is 0 Å². The van der Waals surface area contributed by atoms with Gasteiger partial charge < -0.3 is 5.32 Å². The fraction of sp³-hybridized carbons (Fsp3) is 0.444. The number of benzene rings is 1. The van der Waals surface area contributed by atoms with Crippen LogP contribution in [0.25, 0.3) is 0 Å². The molecule has 0 spiro atoms. The van der Waals surface area contributed by atoms with Crippen LogP contribution in [-0.2, 0) is 11.8 Å². The van der Waals surface area contributed by atoms with E-state index in [-0.39, 0.29) is 0 Å². The summed E-state index contributed by atoms with van der Waals surface area (Å²) >= 11 is 1.98. The Kier molecular flexibility index (Phi) is 3.95. The van der Waals surface area contributed by atoms with E-state index in [1.807, 2.05) is 11.3 Å². The minimum atomic E-state index is 0.327. The van der Waals surface area contributed by atoms with E-state index in [0.29, 0.717) is 11.5 Å². The van der Waals surface area contributed by atoms with E-state index in [9.17, 15) is 0 Å². The van der Waals surface area contributed by atoms with E-state index in [0.717, 1.165) is 13.0 Å². The monoisotopic (exact) mass is 285 g/mol. The lowest BCUT2D eigenvalue weighted by molar-refractivity contribution is 0.446. The maximum atomic E-state index is 3.75. The van der Waals surface area contributed by atoms with Gasteiger partial charge in [-0.15, -0.1) is 11.3 Å². The lowest BCUT2D eigenvalue weighted by Gasteiger charge is -2.27. The minimum absolute atomic E-state index is 0.327. The van der Waals surface area contributed by atoms with Gasteiger partial charge in [0.1, 0.15) is 0 Å². The number of hydrogen-bond acceptors (Lipinski definition) is 2. The summed E-state index contributed by atoms with van der Waals surface area (Å²) in [7, 11) is 0. The van der Waals surface area contributed by atoms with Crippen LogP contribution >= 0.6 is 11.3 Å². The summed E-state index contributed by atoms with van der Waals surface area (Å²) in [4.78, 5) is 3.00. The predicted molar refractivity (Wildman–Crippen MR) is 87.5 cm³/mol. The maximum Gasteiger partial charge on any atom is 0.0512 e. The van der Waals surface area contributed by atoms with Gasteiger partial charge in [-0.3, -0.25) is 0 Å². The van der Waals surface area contributed by atoms with Crippen molar-refractivity contribution in [1.82, 2.24) is 5.32 Å². The lowest BCUT2D eigenvalue weighted by atomic mass is 9.87. The molecule has 1 aliphatic rings. The summed E-state index contributed by atoms with van der Waals surface area (Å²) in [6.07, 6.45) is 3.74. The molecule has 1 fully saturated rings. The van der Waals surface area contributed by atoms with Gasteiger partial charge >= 0.3 is 0 Å². The molecule has 20 heavy (non-hydrogen) atoms. The Morgan fingerprint density at radius 3 is 2.40 bits per heavy atom. The van der Waals surface area contributed by atoms with Crippen LogP contribution in [0.5, 0.6) is 0 Å². The van der Waals surface area contributed by atoms with Crippen LogP contribution < -0.4 is 5.32 Å². The second-order valence-electron chi connectivity index (χ2n) is 5.67. The number of nitrogens with one attached hydrogen (secondary N) is 1. The van der Waals surface area contributed by atoms with Crippen molar-refractivity contribution in [3.05, 3.63) is 57.8 Å². The van der Waals surface area contributed by atoms with E-state index in [2.05, 4.69) is 61.6 Å². The fourth-order valence-electron chi connectivity index (χ4n) is 3.16. The molecule has 0 bridgehead atoms. The quantitative estimate of drug-likeness (QED) is 0.811. The summed E-state index contributed by atoms with van der Waals surface area (Å²) in [5.74, 6) is 0. The molecule has 1 nitrogen and oxygen atoms in total. The van der Waals surface area contributed by atoms with Gasteiger partial charge in [0.05, 0.1) is 6.04 Å². The van der Waals surface area contributed by atoms with Gasteiger partial charge in [0.15, 0.2) is 0 Å². The topological polar surface area (TPSA) is 12.0 Å². The van der Waals surface area contributed by atoms with Crippen molar-refractivity contribution in [3.8, 4) is 0 Å². The normalized spacial score (nSPS) is 17.9. The molecule has 2 heteroatoms. The van der Waals surface area contributed by atoms with Crippen LogP contribution in [0.15, 0.2) is 42.5 Å². The average molecular weight is 285 g/mol. The largest absolute Gasteiger partial charge is 0.309 e. The maximum absolute atomic E-state index is 3.75. The molecule has 1 aromatic carbocycles. The van der Waals surface area contributed by atoms with E-state index in [4.69, 9.17) is 0 Å². The second kappa shape index (κ2) is 5.71. The molecule has 3 rings (SSSR count). The summed E-state index contributed by atoms with van der Waals surface area (Å²) < 4.78 is 0. The van der Waals surface area contributed by atoms with Gasteiger partial charge in [0.25, 0.3) is 0 Å². The molecule has 0 amide bonds. The third-order valence-corrected chi connectivity index (χ3v) is 5.71. The van der Waals surface area contributed by atoms with Gasteiger partial charge in [-0.2, -0.15) is 0 Å². The molecule has 0 saturated heterocycles. The average Bonchev–Trinajstić information content (AvgIpc) is 3.16. The number of rotatable bonds is 6. The van der Waals surface area contributed by atoms with E-state index >= 15 is 0 Å². The first-order valence-electron chi connectivity index (χ1n) is 7.67. The molecule has 2 aromatic rings. The highest BCUT2D eigenvalue weighted by Crippen LogP contribution is 2.57. The molecule has 1 atom stereocenters. The first kappa shape index (κ1) is 13.8. The summed E-state index contributed by atoms with van der Waals surface area (Å²) in [5, 5.41) is 3.75. The smallest absolute Gasteiger partial charge is 0.0512 e. The van der Waals surface area contributed by atoms with Crippen LogP contribution in [0, 0.1) is 0 Å². The van der Waals surface area contributed by atoms with Crippen molar-refractivity contribution >= 4 is 11.3 Å². The Morgan fingerprint density at radius 1 is 1.10 bits per heavy atom. The molecule has 1 heterocycles. The Labute approximate surface area is 126 Å². The standard InChI is InChI=1S/C18H23NS/c1-3-15-10-11-16(20-15)17(19-4-2)18(12-13-18)14-8-6-5-7-9-14/h5-11,17,19H,3-4,12-13H2,1-2H3. The van der Waals surface area contributed by atoms with Gasteiger partial charge in [-0.05, 0) is 43.5 Å². The SMILES string of the molecule is CCNC(c1ccc(CC)s1)C1(c2ccccc2)CC1. The molecular weight excluding hydrogens is 262 g/mol. The molecule has 1 aliphatic carbocycles. The Morgan fingerprint density at radius 2 is 1.85 bits per heavy atom. The zero-order valence-corrected chi connectivity index (χ0v) is 13.2. The van der Waals surface area contributed by atoms with Crippen molar-refractivity contribution in [3.63, 3.8) is 0 Å². The molecule has 106 valence electrons. The second-order valence-corrected chi connectivity index (χ2v) is 6.87. The van der Waals surface area contributed by atoms with E-state index < -0.39 is 0 Å². The molecule has 0 aliphatic heterocycles. The van der Waals surface area contributed by atoms with Gasteiger partial charge in [0, 0.05) is 15.2 Å². The van der Waals surface area contributed by atoms with Crippen molar-refractivity contribution in [2.24, 2.45) is 0 Å². The van der Waals surface area contributed by atoms with Crippen LogP contribution in [0.3, 0.4) is 0 Å². The summed E-state index contributed by atoms with van der Waals surface area (Å²) in [6.45, 7) is 5.48. The molecule has 1 N–H and O–H groups in total. The van der Waals surface area contributed by atoms with Crippen LogP contribution in [-0.4, -0.2) is 6.54 Å². The fourth-order valence-corrected chi connectivity index (χ4v) is 4.31. The van der Waals surface area contributed by atoms with Crippen molar-refractivity contribution < 1.29 is 0 Å². The number of thiophene rings is 1. The van der Waals surface area contributed by atoms with Crippen LogP contribution in [0.1, 0.15) is 48.0 Å². The predicted octanol–water partition coefficient (Wildman–Crippen LogP) is 4.69. The Balaban J connectivity index is 1.94. The first-order valence-corrected chi connectivity index (χ1v) is 8.49. The highest BCUT2D eigenvalue weighted by Gasteiger charge is 2.51. The van der Waals surface area contributed by atoms with Crippen molar-refractivity contribution in [2.75, 3.05) is 6.54 Å². The first-order chi connectivity index (χ1) is 9.80. The van der Waals surface area contributed by atoms with Gasteiger partial charge in [-0.25, -0.2) is 0 Å². The van der Waals surface area contributed by atoms with E-state index in [1.165, 1.54) is 28.2 Å². The lowest BCUT2D eigenvalue weighted by Crippen LogP contribution is -2.31. The summed E-state index contributed by atoms with van der Waals surface area (Å²) in [6, 6.07) is 16.2. The van der Waals surface area contributed by atoms with Crippen LogP contribution in [0.2, 0.25) is 0 Å².